The highest BCUT2D eigenvalue weighted by atomic mass is 16.4. The Morgan fingerprint density at radius 3 is 2.48 bits per heavy atom. The van der Waals surface area contributed by atoms with E-state index in [-0.39, 0.29) is 11.8 Å². The van der Waals surface area contributed by atoms with E-state index in [4.69, 9.17) is 5.11 Å². The van der Waals surface area contributed by atoms with Gasteiger partial charge < -0.3 is 5.11 Å². The van der Waals surface area contributed by atoms with E-state index < -0.39 is 5.97 Å². The number of rotatable bonds is 5. The second-order valence-corrected chi connectivity index (χ2v) is 7.20. The van der Waals surface area contributed by atoms with Gasteiger partial charge in [0.1, 0.15) is 0 Å². The molecule has 21 heavy (non-hydrogen) atoms. The van der Waals surface area contributed by atoms with Crippen molar-refractivity contribution in [2.75, 3.05) is 0 Å². The fourth-order valence-electron chi connectivity index (χ4n) is 3.50. The first kappa shape index (κ1) is 16.0. The highest BCUT2D eigenvalue weighted by Gasteiger charge is 2.39. The molecule has 0 unspecified atom stereocenters. The van der Waals surface area contributed by atoms with E-state index in [1.54, 1.807) is 0 Å². The maximum atomic E-state index is 10.9. The Morgan fingerprint density at radius 2 is 1.90 bits per heavy atom. The zero-order chi connectivity index (χ0) is 15.5. The van der Waals surface area contributed by atoms with E-state index >= 15 is 0 Å². The van der Waals surface area contributed by atoms with Crippen LogP contribution >= 0.6 is 0 Å². The van der Waals surface area contributed by atoms with Gasteiger partial charge >= 0.3 is 5.97 Å². The maximum Gasteiger partial charge on any atom is 0.303 e. The van der Waals surface area contributed by atoms with Crippen LogP contribution in [0.2, 0.25) is 0 Å². The van der Waals surface area contributed by atoms with Crippen LogP contribution in [0, 0.1) is 5.41 Å². The second-order valence-electron chi connectivity index (χ2n) is 7.20. The Hall–Kier alpha value is -1.35. The molecule has 1 saturated heterocycles. The molecular weight excluding hydrogens is 262 g/mol. The monoisotopic (exact) mass is 289 g/mol. The van der Waals surface area contributed by atoms with Crippen molar-refractivity contribution in [3.63, 3.8) is 0 Å². The molecule has 1 aromatic rings. The van der Waals surface area contributed by atoms with Gasteiger partial charge in [0, 0.05) is 25.0 Å². The van der Waals surface area contributed by atoms with E-state index in [1.807, 2.05) is 6.07 Å². The molecule has 1 N–H and O–H groups in total. The molecule has 3 nitrogen and oxygen atoms in total. The van der Waals surface area contributed by atoms with Gasteiger partial charge in [0.05, 0.1) is 0 Å². The predicted molar refractivity (Wildman–Crippen MR) is 85.1 cm³/mol. The van der Waals surface area contributed by atoms with E-state index in [0.717, 1.165) is 19.4 Å². The van der Waals surface area contributed by atoms with Crippen LogP contribution in [0.5, 0.6) is 0 Å². The van der Waals surface area contributed by atoms with Gasteiger partial charge in [-0.3, -0.25) is 9.69 Å². The summed E-state index contributed by atoms with van der Waals surface area (Å²) in [5, 5.41) is 8.96. The molecular formula is C18H27NO2. The summed E-state index contributed by atoms with van der Waals surface area (Å²) in [6.45, 7) is 7.78. The average Bonchev–Trinajstić information content (AvgIpc) is 2.80. The Kier molecular flexibility index (Phi) is 5.04. The highest BCUT2D eigenvalue weighted by Crippen LogP contribution is 2.38. The van der Waals surface area contributed by atoms with Crippen LogP contribution in [0.25, 0.3) is 0 Å². The lowest BCUT2D eigenvalue weighted by Gasteiger charge is -2.38. The molecule has 3 heteroatoms. The third kappa shape index (κ3) is 4.31. The van der Waals surface area contributed by atoms with Crippen molar-refractivity contribution >= 4 is 5.97 Å². The van der Waals surface area contributed by atoms with Crippen molar-refractivity contribution in [3.05, 3.63) is 35.9 Å². The number of hydrogen-bond donors (Lipinski definition) is 1. The smallest absolute Gasteiger partial charge is 0.303 e. The Morgan fingerprint density at radius 1 is 1.24 bits per heavy atom. The molecule has 1 fully saturated rings. The van der Waals surface area contributed by atoms with Crippen LogP contribution in [-0.4, -0.2) is 28.1 Å². The van der Waals surface area contributed by atoms with Gasteiger partial charge in [0.25, 0.3) is 0 Å². The summed E-state index contributed by atoms with van der Waals surface area (Å²) < 4.78 is 0. The van der Waals surface area contributed by atoms with Crippen LogP contribution in [0.3, 0.4) is 0 Å². The zero-order valence-corrected chi connectivity index (χ0v) is 13.4. The zero-order valence-electron chi connectivity index (χ0n) is 13.4. The summed E-state index contributed by atoms with van der Waals surface area (Å²) >= 11 is 0. The number of carbonyl (C=O) groups is 1. The van der Waals surface area contributed by atoms with E-state index in [1.165, 1.54) is 12.0 Å². The molecule has 0 amide bonds. The topological polar surface area (TPSA) is 40.5 Å². The van der Waals surface area contributed by atoms with Crippen LogP contribution in [0.15, 0.2) is 30.3 Å². The SMILES string of the molecule is CC(C)(C)[C@@H]1CC[C@H](CCC(=O)O)N1Cc1ccccc1. The molecule has 0 spiro atoms. The fourth-order valence-corrected chi connectivity index (χ4v) is 3.50. The Bertz CT molecular complexity index is 464. The third-order valence-corrected chi connectivity index (χ3v) is 4.54. The molecule has 2 atom stereocenters. The van der Waals surface area contributed by atoms with Gasteiger partial charge in [-0.15, -0.1) is 0 Å². The number of likely N-dealkylation sites (tertiary alicyclic amines) is 1. The van der Waals surface area contributed by atoms with Gasteiger partial charge in [-0.2, -0.15) is 0 Å². The molecule has 1 aliphatic rings. The van der Waals surface area contributed by atoms with E-state index in [2.05, 4.69) is 49.9 Å². The summed E-state index contributed by atoms with van der Waals surface area (Å²) in [4.78, 5) is 13.4. The third-order valence-electron chi connectivity index (χ3n) is 4.54. The highest BCUT2D eigenvalue weighted by molar-refractivity contribution is 5.66. The van der Waals surface area contributed by atoms with Crippen molar-refractivity contribution in [3.8, 4) is 0 Å². The number of carboxylic acid groups (broad SMARTS) is 1. The van der Waals surface area contributed by atoms with Gasteiger partial charge in [-0.05, 0) is 30.2 Å². The van der Waals surface area contributed by atoms with Crippen molar-refractivity contribution in [2.24, 2.45) is 5.41 Å². The lowest BCUT2D eigenvalue weighted by Crippen LogP contribution is -2.42. The van der Waals surface area contributed by atoms with Gasteiger partial charge in [0.2, 0.25) is 0 Å². The molecule has 1 heterocycles. The minimum Gasteiger partial charge on any atom is -0.481 e. The molecule has 0 saturated carbocycles. The molecule has 0 radical (unpaired) electrons. The van der Waals surface area contributed by atoms with Gasteiger partial charge in [-0.25, -0.2) is 0 Å². The lowest BCUT2D eigenvalue weighted by atomic mass is 9.85. The second kappa shape index (κ2) is 6.61. The molecule has 0 bridgehead atoms. The Balaban J connectivity index is 2.12. The van der Waals surface area contributed by atoms with Crippen molar-refractivity contribution in [1.82, 2.24) is 4.90 Å². The minimum atomic E-state index is -0.686. The first-order valence-electron chi connectivity index (χ1n) is 7.89. The van der Waals surface area contributed by atoms with Crippen molar-refractivity contribution < 1.29 is 9.90 Å². The van der Waals surface area contributed by atoms with Crippen molar-refractivity contribution in [2.45, 2.75) is 65.1 Å². The lowest BCUT2D eigenvalue weighted by molar-refractivity contribution is -0.137. The first-order chi connectivity index (χ1) is 9.88. The quantitative estimate of drug-likeness (QED) is 0.893. The average molecular weight is 289 g/mol. The van der Waals surface area contributed by atoms with Gasteiger partial charge in [-0.1, -0.05) is 51.1 Å². The fraction of sp³-hybridized carbons (Fsp3) is 0.611. The predicted octanol–water partition coefficient (Wildman–Crippen LogP) is 3.93. The summed E-state index contributed by atoms with van der Waals surface area (Å²) in [6.07, 6.45) is 3.31. The standard InChI is InChI=1S/C18H27NO2/c1-18(2,3)16-11-9-15(10-12-17(20)21)19(16)13-14-7-5-4-6-8-14/h4-8,15-16H,9-13H2,1-3H3,(H,20,21)/t15-,16+/m1/s1. The first-order valence-corrected chi connectivity index (χ1v) is 7.89. The number of aliphatic carboxylic acids is 1. The van der Waals surface area contributed by atoms with E-state index in [9.17, 15) is 4.79 Å². The van der Waals surface area contributed by atoms with Crippen LogP contribution in [0.1, 0.15) is 52.0 Å². The minimum absolute atomic E-state index is 0.229. The van der Waals surface area contributed by atoms with E-state index in [0.29, 0.717) is 12.1 Å². The van der Waals surface area contributed by atoms with Crippen LogP contribution in [-0.2, 0) is 11.3 Å². The van der Waals surface area contributed by atoms with Crippen molar-refractivity contribution in [1.29, 1.82) is 0 Å². The summed E-state index contributed by atoms with van der Waals surface area (Å²) in [5.41, 5.74) is 1.54. The molecule has 1 aliphatic heterocycles. The largest absolute Gasteiger partial charge is 0.481 e. The molecule has 116 valence electrons. The Labute approximate surface area is 128 Å². The molecule has 0 aliphatic carbocycles. The normalized spacial score (nSPS) is 23.4. The molecule has 2 rings (SSSR count). The molecule has 1 aromatic carbocycles. The van der Waals surface area contributed by atoms with Crippen LogP contribution in [0.4, 0.5) is 0 Å². The number of nitrogens with zero attached hydrogens (tertiary/aromatic N) is 1. The number of carboxylic acids is 1. The summed E-state index contributed by atoms with van der Waals surface area (Å²) in [6, 6.07) is 11.4. The maximum absolute atomic E-state index is 10.9. The number of hydrogen-bond acceptors (Lipinski definition) is 2. The van der Waals surface area contributed by atoms with Crippen LogP contribution < -0.4 is 0 Å². The van der Waals surface area contributed by atoms with Gasteiger partial charge in [0.15, 0.2) is 0 Å². The molecule has 0 aromatic heterocycles. The summed E-state index contributed by atoms with van der Waals surface area (Å²) in [7, 11) is 0. The number of benzene rings is 1. The summed E-state index contributed by atoms with van der Waals surface area (Å²) in [5.74, 6) is -0.686.